The van der Waals surface area contributed by atoms with Gasteiger partial charge in [0.25, 0.3) is 0 Å². The number of rotatable bonds is 4. The Kier molecular flexibility index (Phi) is 3.76. The van der Waals surface area contributed by atoms with Crippen molar-refractivity contribution < 1.29 is 9.84 Å². The first kappa shape index (κ1) is 12.9. The third kappa shape index (κ3) is 2.77. The maximum atomic E-state index is 9.68. The smallest absolute Gasteiger partial charge is 0.115 e. The fourth-order valence-electron chi connectivity index (χ4n) is 3.32. The second kappa shape index (κ2) is 5.51. The van der Waals surface area contributed by atoms with Crippen molar-refractivity contribution in [2.24, 2.45) is 0 Å². The molecule has 104 valence electrons. The second-order valence-electron chi connectivity index (χ2n) is 5.74. The molecule has 0 heterocycles. The second-order valence-corrected chi connectivity index (χ2v) is 5.74. The van der Waals surface area contributed by atoms with Crippen LogP contribution in [0.4, 0.5) is 0 Å². The molecule has 0 spiro atoms. The highest BCUT2D eigenvalue weighted by Gasteiger charge is 2.32. The zero-order valence-electron chi connectivity index (χ0n) is 11.6. The Labute approximate surface area is 115 Å². The van der Waals surface area contributed by atoms with Gasteiger partial charge >= 0.3 is 0 Å². The minimum Gasteiger partial charge on any atom is -0.508 e. The van der Waals surface area contributed by atoms with Crippen LogP contribution in [0.2, 0.25) is 0 Å². The number of phenols is 1. The van der Waals surface area contributed by atoms with Crippen LogP contribution in [0.15, 0.2) is 18.2 Å². The van der Waals surface area contributed by atoms with E-state index in [1.165, 1.54) is 24.0 Å². The van der Waals surface area contributed by atoms with E-state index in [2.05, 4.69) is 18.3 Å². The molecule has 3 rings (SSSR count). The van der Waals surface area contributed by atoms with Crippen molar-refractivity contribution in [1.29, 1.82) is 0 Å². The van der Waals surface area contributed by atoms with Gasteiger partial charge in [-0.25, -0.2) is 0 Å². The first-order valence-electron chi connectivity index (χ1n) is 7.45. The number of nitrogens with one attached hydrogen (secondary N) is 1. The van der Waals surface area contributed by atoms with Crippen molar-refractivity contribution in [3.63, 3.8) is 0 Å². The van der Waals surface area contributed by atoms with Crippen molar-refractivity contribution in [1.82, 2.24) is 5.32 Å². The molecule has 1 aromatic carbocycles. The topological polar surface area (TPSA) is 41.5 Å². The van der Waals surface area contributed by atoms with Crippen molar-refractivity contribution in [3.05, 3.63) is 29.3 Å². The van der Waals surface area contributed by atoms with E-state index in [4.69, 9.17) is 4.74 Å². The van der Waals surface area contributed by atoms with Crippen LogP contribution in [-0.2, 0) is 11.2 Å². The average Bonchev–Trinajstić information content (AvgIpc) is 2.37. The normalized spacial score (nSPS) is 29.6. The summed E-state index contributed by atoms with van der Waals surface area (Å²) in [6, 6.07) is 6.79. The van der Waals surface area contributed by atoms with E-state index < -0.39 is 0 Å². The summed E-state index contributed by atoms with van der Waals surface area (Å²) in [5.74, 6) is 0.383. The summed E-state index contributed by atoms with van der Waals surface area (Å²) < 4.78 is 5.61. The van der Waals surface area contributed by atoms with Crippen molar-refractivity contribution in [3.8, 4) is 5.75 Å². The predicted molar refractivity (Wildman–Crippen MR) is 75.4 cm³/mol. The van der Waals surface area contributed by atoms with E-state index in [0.29, 0.717) is 23.9 Å². The lowest BCUT2D eigenvalue weighted by atomic mass is 9.83. The van der Waals surface area contributed by atoms with Gasteiger partial charge in [-0.3, -0.25) is 0 Å². The van der Waals surface area contributed by atoms with Crippen LogP contribution in [-0.4, -0.2) is 23.9 Å². The maximum absolute atomic E-state index is 9.68. The molecule has 0 aliphatic heterocycles. The van der Waals surface area contributed by atoms with Gasteiger partial charge in [-0.2, -0.15) is 0 Å². The molecular formula is C16H23NO2. The van der Waals surface area contributed by atoms with E-state index >= 15 is 0 Å². The maximum Gasteiger partial charge on any atom is 0.115 e. The van der Waals surface area contributed by atoms with E-state index in [1.807, 2.05) is 6.07 Å². The molecule has 3 heteroatoms. The third-order valence-electron chi connectivity index (χ3n) is 4.38. The molecule has 1 atom stereocenters. The Hall–Kier alpha value is -1.06. The van der Waals surface area contributed by atoms with E-state index in [-0.39, 0.29) is 0 Å². The number of aryl methyl sites for hydroxylation is 1. The lowest BCUT2D eigenvalue weighted by molar-refractivity contribution is -0.0129. The molecule has 2 N–H and O–H groups in total. The predicted octanol–water partition coefficient (Wildman–Crippen LogP) is 2.93. The van der Waals surface area contributed by atoms with Crippen LogP contribution >= 0.6 is 0 Å². The van der Waals surface area contributed by atoms with Crippen LogP contribution in [0.1, 0.15) is 49.8 Å². The number of hydrogen-bond donors (Lipinski definition) is 2. The molecule has 0 saturated heterocycles. The standard InChI is InChI=1S/C16H23NO2/c1-2-19-14-8-12(9-14)17-16-5-3-4-11-6-7-13(18)10-15(11)16/h6-7,10,12,14,16-18H,2-5,8-9H2,1H3. The molecular weight excluding hydrogens is 238 g/mol. The van der Waals surface area contributed by atoms with Gasteiger partial charge in [-0.1, -0.05) is 6.07 Å². The molecule has 1 fully saturated rings. The third-order valence-corrected chi connectivity index (χ3v) is 4.38. The van der Waals surface area contributed by atoms with Gasteiger partial charge in [0.15, 0.2) is 0 Å². The number of ether oxygens (including phenoxy) is 1. The Morgan fingerprint density at radius 2 is 2.21 bits per heavy atom. The minimum atomic E-state index is 0.383. The van der Waals surface area contributed by atoms with Crippen LogP contribution in [0.3, 0.4) is 0 Å². The van der Waals surface area contributed by atoms with E-state index in [1.54, 1.807) is 6.07 Å². The van der Waals surface area contributed by atoms with Crippen molar-refractivity contribution in [2.75, 3.05) is 6.61 Å². The quantitative estimate of drug-likeness (QED) is 0.875. The highest BCUT2D eigenvalue weighted by molar-refractivity contribution is 5.38. The Morgan fingerprint density at radius 3 is 3.00 bits per heavy atom. The van der Waals surface area contributed by atoms with Gasteiger partial charge in [0.1, 0.15) is 5.75 Å². The number of fused-ring (bicyclic) bond motifs is 1. The Balaban J connectivity index is 1.63. The van der Waals surface area contributed by atoms with Crippen LogP contribution in [0, 0.1) is 0 Å². The SMILES string of the molecule is CCOC1CC(NC2CCCc3ccc(O)cc32)C1. The molecule has 1 saturated carbocycles. The number of hydrogen-bond acceptors (Lipinski definition) is 3. The van der Waals surface area contributed by atoms with Gasteiger partial charge in [0.05, 0.1) is 6.10 Å². The zero-order valence-corrected chi connectivity index (χ0v) is 11.6. The van der Waals surface area contributed by atoms with E-state index in [0.717, 1.165) is 25.9 Å². The Bertz CT molecular complexity index is 440. The fraction of sp³-hybridized carbons (Fsp3) is 0.625. The van der Waals surface area contributed by atoms with E-state index in [9.17, 15) is 5.11 Å². The summed E-state index contributed by atoms with van der Waals surface area (Å²) in [4.78, 5) is 0. The largest absolute Gasteiger partial charge is 0.508 e. The molecule has 2 aliphatic rings. The first-order valence-corrected chi connectivity index (χ1v) is 7.45. The monoisotopic (exact) mass is 261 g/mol. The lowest BCUT2D eigenvalue weighted by Gasteiger charge is -2.39. The average molecular weight is 261 g/mol. The molecule has 2 aliphatic carbocycles. The van der Waals surface area contributed by atoms with Crippen LogP contribution < -0.4 is 5.32 Å². The summed E-state index contributed by atoms with van der Waals surface area (Å²) in [5, 5.41) is 13.4. The summed E-state index contributed by atoms with van der Waals surface area (Å²) in [7, 11) is 0. The molecule has 0 bridgehead atoms. The molecule has 1 aromatic rings. The van der Waals surface area contributed by atoms with Crippen LogP contribution in [0.5, 0.6) is 5.75 Å². The van der Waals surface area contributed by atoms with Crippen LogP contribution in [0.25, 0.3) is 0 Å². The molecule has 0 amide bonds. The fourth-order valence-corrected chi connectivity index (χ4v) is 3.32. The van der Waals surface area contributed by atoms with Gasteiger partial charge in [0, 0.05) is 18.7 Å². The molecule has 0 aromatic heterocycles. The highest BCUT2D eigenvalue weighted by Crippen LogP contribution is 2.34. The summed E-state index contributed by atoms with van der Waals surface area (Å²) >= 11 is 0. The number of phenolic OH excluding ortho intramolecular Hbond substituents is 1. The van der Waals surface area contributed by atoms with Gasteiger partial charge in [0.2, 0.25) is 0 Å². The first-order chi connectivity index (χ1) is 9.26. The summed E-state index contributed by atoms with van der Waals surface area (Å²) in [6.45, 7) is 2.87. The molecule has 19 heavy (non-hydrogen) atoms. The minimum absolute atomic E-state index is 0.383. The summed E-state index contributed by atoms with van der Waals surface area (Å²) in [5.41, 5.74) is 2.69. The van der Waals surface area contributed by atoms with Gasteiger partial charge in [-0.15, -0.1) is 0 Å². The Morgan fingerprint density at radius 1 is 1.37 bits per heavy atom. The van der Waals surface area contributed by atoms with Gasteiger partial charge in [-0.05, 0) is 62.3 Å². The summed E-state index contributed by atoms with van der Waals surface area (Å²) in [6.07, 6.45) is 6.25. The zero-order chi connectivity index (χ0) is 13.2. The molecule has 1 unspecified atom stereocenters. The lowest BCUT2D eigenvalue weighted by Crippen LogP contribution is -2.47. The number of aromatic hydroxyl groups is 1. The van der Waals surface area contributed by atoms with Gasteiger partial charge < -0.3 is 15.2 Å². The van der Waals surface area contributed by atoms with Crippen molar-refractivity contribution in [2.45, 2.75) is 57.2 Å². The highest BCUT2D eigenvalue weighted by atomic mass is 16.5. The molecule has 3 nitrogen and oxygen atoms in total. The van der Waals surface area contributed by atoms with Crippen molar-refractivity contribution >= 4 is 0 Å². The molecule has 0 radical (unpaired) electrons. The number of benzene rings is 1.